The van der Waals surface area contributed by atoms with E-state index in [-0.39, 0.29) is 12.5 Å². The topological polar surface area (TPSA) is 75.0 Å². The molecule has 0 aliphatic heterocycles. The highest BCUT2D eigenvalue weighted by molar-refractivity contribution is 5.93. The number of aromatic nitrogens is 1. The van der Waals surface area contributed by atoms with Crippen LogP contribution in [0.5, 0.6) is 0 Å². The molecule has 22 heavy (non-hydrogen) atoms. The van der Waals surface area contributed by atoms with Crippen molar-refractivity contribution >= 4 is 22.6 Å². The number of hydrogen-bond donors (Lipinski definition) is 1. The lowest BCUT2D eigenvalue weighted by Gasteiger charge is -2.20. The second-order valence-electron chi connectivity index (χ2n) is 6.13. The summed E-state index contributed by atoms with van der Waals surface area (Å²) in [6.07, 6.45) is 0. The van der Waals surface area contributed by atoms with Crippen LogP contribution in [0.2, 0.25) is 0 Å². The van der Waals surface area contributed by atoms with Crippen LogP contribution < -0.4 is 5.32 Å². The van der Waals surface area contributed by atoms with E-state index in [4.69, 9.17) is 10.00 Å². The van der Waals surface area contributed by atoms with E-state index < -0.39 is 5.60 Å². The van der Waals surface area contributed by atoms with Crippen LogP contribution >= 0.6 is 0 Å². The number of hydrogen-bond acceptors (Lipinski definition) is 5. The van der Waals surface area contributed by atoms with Gasteiger partial charge in [0.15, 0.2) is 0 Å². The van der Waals surface area contributed by atoms with Crippen molar-refractivity contribution < 1.29 is 9.53 Å². The lowest BCUT2D eigenvalue weighted by Crippen LogP contribution is -2.28. The van der Waals surface area contributed by atoms with Crippen molar-refractivity contribution in [2.24, 2.45) is 0 Å². The Bertz CT molecular complexity index is 755. The number of nitriles is 1. The largest absolute Gasteiger partial charge is 0.459 e. The minimum Gasteiger partial charge on any atom is -0.459 e. The number of fused-ring (bicyclic) bond motifs is 1. The van der Waals surface area contributed by atoms with E-state index in [0.29, 0.717) is 11.4 Å². The number of esters is 1. The number of anilines is 1. The maximum atomic E-state index is 11.8. The Hall–Kier alpha value is -2.61. The van der Waals surface area contributed by atoms with Crippen molar-refractivity contribution in [1.29, 1.82) is 5.26 Å². The predicted molar refractivity (Wildman–Crippen MR) is 85.5 cm³/mol. The molecular formula is C17H19N3O2. The molecule has 1 heterocycles. The molecule has 5 heteroatoms. The fourth-order valence-electron chi connectivity index (χ4n) is 2.09. The molecule has 0 aliphatic carbocycles. The number of carbonyl (C=O) groups excluding carboxylic acids is 1. The van der Waals surface area contributed by atoms with Gasteiger partial charge in [-0.15, -0.1) is 0 Å². The number of pyridine rings is 1. The van der Waals surface area contributed by atoms with Gasteiger partial charge in [-0.3, -0.25) is 4.79 Å². The molecule has 0 fully saturated rings. The first kappa shape index (κ1) is 15.8. The number of aryl methyl sites for hydroxylation is 1. The molecule has 1 aromatic carbocycles. The Kier molecular flexibility index (Phi) is 4.32. The Morgan fingerprint density at radius 2 is 2.09 bits per heavy atom. The molecule has 0 amide bonds. The summed E-state index contributed by atoms with van der Waals surface area (Å²) < 4.78 is 5.27. The Labute approximate surface area is 129 Å². The average Bonchev–Trinajstić information content (AvgIpc) is 2.42. The summed E-state index contributed by atoms with van der Waals surface area (Å²) in [6, 6.07) is 9.45. The first-order valence-corrected chi connectivity index (χ1v) is 7.06. The molecule has 0 radical (unpaired) electrons. The van der Waals surface area contributed by atoms with Gasteiger partial charge in [0, 0.05) is 11.1 Å². The van der Waals surface area contributed by atoms with Crippen molar-refractivity contribution in [3.05, 3.63) is 35.5 Å². The molecule has 0 unspecified atom stereocenters. The molecule has 1 aromatic heterocycles. The van der Waals surface area contributed by atoms with Gasteiger partial charge in [-0.1, -0.05) is 11.6 Å². The molecule has 2 aromatic rings. The number of carbonyl (C=O) groups is 1. The zero-order valence-electron chi connectivity index (χ0n) is 13.2. The number of nitrogens with zero attached hydrogens (tertiary/aromatic N) is 2. The van der Waals surface area contributed by atoms with E-state index in [2.05, 4.69) is 10.3 Å². The maximum absolute atomic E-state index is 11.8. The summed E-state index contributed by atoms with van der Waals surface area (Å²) in [5, 5.41) is 13.0. The van der Waals surface area contributed by atoms with Crippen molar-refractivity contribution in [3.8, 4) is 6.07 Å². The fraction of sp³-hybridized carbons (Fsp3) is 0.353. The van der Waals surface area contributed by atoms with Gasteiger partial charge in [-0.25, -0.2) is 4.98 Å². The summed E-state index contributed by atoms with van der Waals surface area (Å²) in [4.78, 5) is 16.1. The minimum absolute atomic E-state index is 0.0369. The van der Waals surface area contributed by atoms with Gasteiger partial charge in [-0.2, -0.15) is 5.26 Å². The van der Waals surface area contributed by atoms with Gasteiger partial charge in [0.2, 0.25) is 0 Å². The highest BCUT2D eigenvalue weighted by Crippen LogP contribution is 2.24. The Balaban J connectivity index is 2.28. The lowest BCUT2D eigenvalue weighted by atomic mass is 10.1. The van der Waals surface area contributed by atoms with Crippen LogP contribution in [0.25, 0.3) is 10.9 Å². The maximum Gasteiger partial charge on any atom is 0.325 e. The normalized spacial score (nSPS) is 11.0. The van der Waals surface area contributed by atoms with Crippen LogP contribution in [0, 0.1) is 18.3 Å². The number of ether oxygens (including phenoxy) is 1. The van der Waals surface area contributed by atoms with Gasteiger partial charge in [0.1, 0.15) is 23.9 Å². The standard InChI is InChI=1S/C17H19N3O2/c1-11-5-6-14-13(7-11)15(8-12(9-18)20-14)19-10-16(21)22-17(2,3)4/h5-8H,10H2,1-4H3,(H,19,20). The molecule has 1 N–H and O–H groups in total. The van der Waals surface area contributed by atoms with Crippen molar-refractivity contribution in [2.45, 2.75) is 33.3 Å². The van der Waals surface area contributed by atoms with Crippen molar-refractivity contribution in [2.75, 3.05) is 11.9 Å². The van der Waals surface area contributed by atoms with E-state index in [1.165, 1.54) is 0 Å². The molecule has 114 valence electrons. The molecule has 0 bridgehead atoms. The van der Waals surface area contributed by atoms with Gasteiger partial charge >= 0.3 is 5.97 Å². The third-order valence-corrected chi connectivity index (χ3v) is 2.92. The van der Waals surface area contributed by atoms with Crippen LogP contribution in [0.4, 0.5) is 5.69 Å². The summed E-state index contributed by atoms with van der Waals surface area (Å²) in [6.45, 7) is 7.49. The third kappa shape index (κ3) is 3.95. The Morgan fingerprint density at radius 1 is 1.36 bits per heavy atom. The average molecular weight is 297 g/mol. The second-order valence-corrected chi connectivity index (χ2v) is 6.13. The number of nitrogens with one attached hydrogen (secondary N) is 1. The van der Waals surface area contributed by atoms with Crippen LogP contribution in [-0.2, 0) is 9.53 Å². The smallest absolute Gasteiger partial charge is 0.325 e. The highest BCUT2D eigenvalue weighted by Gasteiger charge is 2.16. The monoisotopic (exact) mass is 297 g/mol. The van der Waals surface area contributed by atoms with Crippen LogP contribution in [0.15, 0.2) is 24.3 Å². The molecule has 2 rings (SSSR count). The summed E-state index contributed by atoms with van der Waals surface area (Å²) in [7, 11) is 0. The van der Waals surface area contributed by atoms with Gasteiger partial charge in [-0.05, 0) is 45.9 Å². The first-order valence-electron chi connectivity index (χ1n) is 7.06. The molecule has 0 atom stereocenters. The van der Waals surface area contributed by atoms with E-state index >= 15 is 0 Å². The molecule has 0 spiro atoms. The third-order valence-electron chi connectivity index (χ3n) is 2.92. The minimum atomic E-state index is -0.520. The lowest BCUT2D eigenvalue weighted by molar-refractivity contribution is -0.152. The van der Waals surface area contributed by atoms with E-state index in [0.717, 1.165) is 16.5 Å². The molecule has 5 nitrogen and oxygen atoms in total. The second kappa shape index (κ2) is 6.02. The molecule has 0 saturated heterocycles. The molecular weight excluding hydrogens is 278 g/mol. The number of rotatable bonds is 3. The summed E-state index contributed by atoms with van der Waals surface area (Å²) >= 11 is 0. The van der Waals surface area contributed by atoms with Crippen molar-refractivity contribution in [1.82, 2.24) is 4.98 Å². The summed E-state index contributed by atoms with van der Waals surface area (Å²) in [5.41, 5.74) is 2.29. The molecule has 0 saturated carbocycles. The zero-order valence-corrected chi connectivity index (χ0v) is 13.2. The zero-order chi connectivity index (χ0) is 16.3. The predicted octanol–water partition coefficient (Wildman–Crippen LogP) is 3.17. The SMILES string of the molecule is Cc1ccc2nc(C#N)cc(NCC(=O)OC(C)(C)C)c2c1. The molecule has 0 aliphatic rings. The number of benzene rings is 1. The Morgan fingerprint density at radius 3 is 2.73 bits per heavy atom. The fourth-order valence-corrected chi connectivity index (χ4v) is 2.09. The van der Waals surface area contributed by atoms with Crippen molar-refractivity contribution in [3.63, 3.8) is 0 Å². The van der Waals surface area contributed by atoms with Crippen LogP contribution in [0.3, 0.4) is 0 Å². The summed E-state index contributed by atoms with van der Waals surface area (Å²) in [5.74, 6) is -0.344. The van der Waals surface area contributed by atoms with Gasteiger partial charge in [0.25, 0.3) is 0 Å². The quantitative estimate of drug-likeness (QED) is 0.881. The van der Waals surface area contributed by atoms with E-state index in [9.17, 15) is 4.79 Å². The van der Waals surface area contributed by atoms with E-state index in [1.807, 2.05) is 52.0 Å². The first-order chi connectivity index (χ1) is 10.3. The van der Waals surface area contributed by atoms with Crippen LogP contribution in [0.1, 0.15) is 32.0 Å². The van der Waals surface area contributed by atoms with Gasteiger partial charge in [0.05, 0.1) is 5.52 Å². The van der Waals surface area contributed by atoms with E-state index in [1.54, 1.807) is 6.07 Å². The highest BCUT2D eigenvalue weighted by atomic mass is 16.6. The van der Waals surface area contributed by atoms with Crippen LogP contribution in [-0.4, -0.2) is 23.1 Å². The van der Waals surface area contributed by atoms with Gasteiger partial charge < -0.3 is 10.1 Å².